The quantitative estimate of drug-likeness (QED) is 0.132. The molecular formula is C32H22I2N4O5. The molecule has 2 aromatic heterocycles. The number of aromatic nitrogens is 2. The van der Waals surface area contributed by atoms with Crippen LogP contribution in [0.15, 0.2) is 105 Å². The lowest BCUT2D eigenvalue weighted by atomic mass is 10.2. The summed E-state index contributed by atoms with van der Waals surface area (Å²) in [6.07, 6.45) is 1.58. The summed E-state index contributed by atoms with van der Waals surface area (Å²) < 4.78 is 20.2. The number of ether oxygens (including phenoxy) is 2. The summed E-state index contributed by atoms with van der Waals surface area (Å²) in [6, 6.07) is 27.3. The number of hydrogen-bond acceptors (Lipinski definition) is 7. The fourth-order valence-corrected chi connectivity index (χ4v) is 6.61. The van der Waals surface area contributed by atoms with E-state index in [1.54, 1.807) is 37.6 Å². The molecule has 0 saturated carbocycles. The van der Waals surface area contributed by atoms with Crippen LogP contribution in [-0.2, 0) is 4.79 Å². The largest absolute Gasteiger partial charge is 0.496 e. The molecule has 11 heteroatoms. The molecule has 43 heavy (non-hydrogen) atoms. The third-order valence-electron chi connectivity index (χ3n) is 6.46. The Morgan fingerprint density at radius 2 is 1.72 bits per heavy atom. The topological polar surface area (TPSA) is 108 Å². The summed E-state index contributed by atoms with van der Waals surface area (Å²) in [5, 5.41) is 8.56. The van der Waals surface area contributed by atoms with Gasteiger partial charge < -0.3 is 19.2 Å². The summed E-state index contributed by atoms with van der Waals surface area (Å²) in [4.78, 5) is 30.8. The maximum atomic E-state index is 13.6. The summed E-state index contributed by atoms with van der Waals surface area (Å²) in [6.45, 7) is -0.141. The Bertz CT molecular complexity index is 2050. The SMILES string of the molecule is COc1cccc2oc(-c3nc4ccccc4c(=O)n3N=Cc3cc(I)c(OCC(=O)Nc4ccccc4)c(I)c3)cc12. The second-order valence-electron chi connectivity index (χ2n) is 9.31. The van der Waals surface area contributed by atoms with Crippen molar-refractivity contribution in [2.45, 2.75) is 0 Å². The van der Waals surface area contributed by atoms with Gasteiger partial charge in [0.25, 0.3) is 11.5 Å². The maximum Gasteiger partial charge on any atom is 0.282 e. The van der Waals surface area contributed by atoms with E-state index in [1.807, 2.05) is 66.7 Å². The van der Waals surface area contributed by atoms with Crippen molar-refractivity contribution >= 4 is 84.9 Å². The number of para-hydroxylation sites is 2. The molecule has 1 amide bonds. The minimum absolute atomic E-state index is 0.141. The summed E-state index contributed by atoms with van der Waals surface area (Å²) in [7, 11) is 1.59. The number of carbonyl (C=O) groups excluding carboxylic acids is 1. The molecule has 0 unspecified atom stereocenters. The monoisotopic (exact) mass is 796 g/mol. The van der Waals surface area contributed by atoms with Crippen molar-refractivity contribution in [3.05, 3.63) is 114 Å². The lowest BCUT2D eigenvalue weighted by Gasteiger charge is -2.12. The predicted molar refractivity (Wildman–Crippen MR) is 183 cm³/mol. The first kappa shape index (κ1) is 28.9. The Kier molecular flexibility index (Phi) is 8.42. The van der Waals surface area contributed by atoms with E-state index in [2.05, 4.69) is 55.6 Å². The van der Waals surface area contributed by atoms with Crippen molar-refractivity contribution < 1.29 is 18.7 Å². The molecule has 9 nitrogen and oxygen atoms in total. The summed E-state index contributed by atoms with van der Waals surface area (Å²) in [5.41, 5.74) is 2.23. The number of nitrogens with zero attached hydrogens (tertiary/aromatic N) is 3. The van der Waals surface area contributed by atoms with Crippen LogP contribution in [0.5, 0.6) is 11.5 Å². The molecule has 0 spiro atoms. The van der Waals surface area contributed by atoms with Crippen LogP contribution >= 0.6 is 45.2 Å². The van der Waals surface area contributed by atoms with Gasteiger partial charge in [-0.3, -0.25) is 9.59 Å². The van der Waals surface area contributed by atoms with Crippen molar-refractivity contribution in [1.82, 2.24) is 9.66 Å². The number of benzene rings is 4. The molecule has 0 aliphatic carbocycles. The highest BCUT2D eigenvalue weighted by Crippen LogP contribution is 2.33. The summed E-state index contributed by atoms with van der Waals surface area (Å²) in [5.74, 6) is 1.60. The number of halogens is 2. The first-order valence-electron chi connectivity index (χ1n) is 13.0. The van der Waals surface area contributed by atoms with Crippen LogP contribution in [0.3, 0.4) is 0 Å². The van der Waals surface area contributed by atoms with Gasteiger partial charge in [0, 0.05) is 5.69 Å². The van der Waals surface area contributed by atoms with Crippen LogP contribution in [-0.4, -0.2) is 35.5 Å². The van der Waals surface area contributed by atoms with E-state index >= 15 is 0 Å². The first-order valence-corrected chi connectivity index (χ1v) is 15.2. The molecule has 0 bridgehead atoms. The number of fused-ring (bicyclic) bond motifs is 2. The zero-order valence-electron chi connectivity index (χ0n) is 22.6. The highest BCUT2D eigenvalue weighted by molar-refractivity contribution is 14.1. The highest BCUT2D eigenvalue weighted by Gasteiger charge is 2.18. The number of furan rings is 1. The van der Waals surface area contributed by atoms with E-state index in [-0.39, 0.29) is 23.9 Å². The van der Waals surface area contributed by atoms with E-state index in [0.29, 0.717) is 39.4 Å². The number of methoxy groups -OCH3 is 1. The van der Waals surface area contributed by atoms with Gasteiger partial charge in [-0.2, -0.15) is 9.78 Å². The van der Waals surface area contributed by atoms with Gasteiger partial charge in [0.15, 0.2) is 12.4 Å². The Morgan fingerprint density at radius 3 is 2.49 bits per heavy atom. The Balaban J connectivity index is 1.32. The van der Waals surface area contributed by atoms with Gasteiger partial charge in [-0.25, -0.2) is 4.98 Å². The van der Waals surface area contributed by atoms with E-state index < -0.39 is 0 Å². The molecule has 0 aliphatic rings. The van der Waals surface area contributed by atoms with E-state index in [9.17, 15) is 9.59 Å². The molecule has 6 aromatic rings. The van der Waals surface area contributed by atoms with Crippen molar-refractivity contribution in [2.24, 2.45) is 5.10 Å². The van der Waals surface area contributed by atoms with Gasteiger partial charge in [-0.05, 0) is 105 Å². The van der Waals surface area contributed by atoms with Crippen LogP contribution < -0.4 is 20.3 Å². The van der Waals surface area contributed by atoms with Crippen molar-refractivity contribution in [3.63, 3.8) is 0 Å². The maximum absolute atomic E-state index is 13.6. The molecule has 0 aliphatic heterocycles. The molecule has 214 valence electrons. The molecule has 2 heterocycles. The minimum atomic E-state index is -0.335. The standard InChI is InChI=1S/C32H22I2N4O5/c1-41-26-12-7-13-27-22(26)16-28(43-27)31-37-25-11-6-5-10-21(25)32(40)38(31)35-17-19-14-23(33)30(24(34)15-19)42-18-29(39)36-20-8-3-2-4-9-20/h2-17H,18H2,1H3,(H,36,39). The molecular weight excluding hydrogens is 774 g/mol. The number of nitrogens with one attached hydrogen (secondary N) is 1. The van der Waals surface area contributed by atoms with Crippen molar-refractivity contribution in [2.75, 3.05) is 19.0 Å². The number of anilines is 1. The fourth-order valence-electron chi connectivity index (χ4n) is 4.49. The molecule has 0 radical (unpaired) electrons. The third kappa shape index (κ3) is 6.13. The van der Waals surface area contributed by atoms with Gasteiger partial charge in [-0.1, -0.05) is 36.4 Å². The van der Waals surface area contributed by atoms with Crippen LogP contribution in [0.25, 0.3) is 33.5 Å². The van der Waals surface area contributed by atoms with E-state index in [4.69, 9.17) is 18.9 Å². The normalized spacial score (nSPS) is 11.3. The molecule has 1 N–H and O–H groups in total. The van der Waals surface area contributed by atoms with Gasteiger partial charge in [-0.15, -0.1) is 0 Å². The zero-order valence-corrected chi connectivity index (χ0v) is 26.9. The van der Waals surface area contributed by atoms with Gasteiger partial charge in [0.2, 0.25) is 5.82 Å². The predicted octanol–water partition coefficient (Wildman–Crippen LogP) is 6.93. The fraction of sp³-hybridized carbons (Fsp3) is 0.0625. The molecule has 4 aromatic carbocycles. The van der Waals surface area contributed by atoms with Crippen LogP contribution in [0, 0.1) is 7.14 Å². The second-order valence-corrected chi connectivity index (χ2v) is 11.6. The lowest BCUT2D eigenvalue weighted by molar-refractivity contribution is -0.118. The smallest absolute Gasteiger partial charge is 0.282 e. The van der Waals surface area contributed by atoms with Gasteiger partial charge in [0.05, 0.1) is 36.8 Å². The molecule has 6 rings (SSSR count). The second kappa shape index (κ2) is 12.6. The Labute approximate surface area is 272 Å². The zero-order chi connectivity index (χ0) is 29.9. The first-order chi connectivity index (χ1) is 20.9. The van der Waals surface area contributed by atoms with Crippen molar-refractivity contribution in [3.8, 4) is 23.1 Å². The lowest BCUT2D eigenvalue weighted by Crippen LogP contribution is -2.21. The van der Waals surface area contributed by atoms with Crippen LogP contribution in [0.4, 0.5) is 5.69 Å². The summed E-state index contributed by atoms with van der Waals surface area (Å²) >= 11 is 4.31. The van der Waals surface area contributed by atoms with Crippen LogP contribution in [0.1, 0.15) is 5.56 Å². The third-order valence-corrected chi connectivity index (χ3v) is 8.07. The number of amides is 1. The number of hydrogen-bond donors (Lipinski definition) is 1. The highest BCUT2D eigenvalue weighted by atomic mass is 127. The van der Waals surface area contributed by atoms with E-state index in [0.717, 1.165) is 18.1 Å². The molecule has 0 saturated heterocycles. The molecule has 0 atom stereocenters. The van der Waals surface area contributed by atoms with Crippen molar-refractivity contribution in [1.29, 1.82) is 0 Å². The van der Waals surface area contributed by atoms with Crippen LogP contribution in [0.2, 0.25) is 0 Å². The van der Waals surface area contributed by atoms with Gasteiger partial charge in [0.1, 0.15) is 17.1 Å². The van der Waals surface area contributed by atoms with E-state index in [1.165, 1.54) is 4.68 Å². The molecule has 0 fully saturated rings. The number of rotatable bonds is 8. The average molecular weight is 796 g/mol. The minimum Gasteiger partial charge on any atom is -0.496 e. The average Bonchev–Trinajstić information content (AvgIpc) is 3.45. The number of carbonyl (C=O) groups is 1. The van der Waals surface area contributed by atoms with Gasteiger partial charge >= 0.3 is 0 Å². The Hall–Kier alpha value is -4.24. The Morgan fingerprint density at radius 1 is 0.977 bits per heavy atom.